The highest BCUT2D eigenvalue weighted by molar-refractivity contribution is 6.33. The van der Waals surface area contributed by atoms with Crippen LogP contribution in [-0.4, -0.2) is 9.97 Å². The van der Waals surface area contributed by atoms with E-state index in [1.165, 1.54) is 5.56 Å². The number of halogens is 1. The topological polar surface area (TPSA) is 42.2 Å². The predicted octanol–water partition coefficient (Wildman–Crippen LogP) is 7.19. The molecule has 0 spiro atoms. The zero-order chi connectivity index (χ0) is 21.2. The molecular weight excluding hydrogens is 406 g/mol. The molecule has 5 heteroatoms. The molecule has 0 radical (unpaired) electrons. The Morgan fingerprint density at radius 3 is 2.45 bits per heavy atom. The molecule has 0 atom stereocenters. The smallest absolute Gasteiger partial charge is 0.231 e. The van der Waals surface area contributed by atoms with Crippen LogP contribution < -0.4 is 4.90 Å². The lowest BCUT2D eigenvalue weighted by Gasteiger charge is -2.24. The number of hydrogen-bond acceptors (Lipinski definition) is 4. The van der Waals surface area contributed by atoms with Gasteiger partial charge < -0.3 is 9.32 Å². The van der Waals surface area contributed by atoms with E-state index in [4.69, 9.17) is 26.0 Å². The number of nitrogens with zero attached hydrogens (tertiary/aromatic N) is 3. The molecule has 0 N–H and O–H groups in total. The van der Waals surface area contributed by atoms with Crippen LogP contribution in [0.5, 0.6) is 0 Å². The van der Waals surface area contributed by atoms with Gasteiger partial charge in [0.05, 0.1) is 34.7 Å². The lowest BCUT2D eigenvalue weighted by molar-refractivity contribution is 0.509. The second-order valence-corrected chi connectivity index (χ2v) is 7.78. The Morgan fingerprint density at radius 2 is 1.68 bits per heavy atom. The monoisotopic (exact) mass is 425 g/mol. The summed E-state index contributed by atoms with van der Waals surface area (Å²) in [5.74, 6) is 1.37. The number of aromatic nitrogens is 2. The number of aryl methyl sites for hydroxylation is 1. The fraction of sp³-hybridized carbons (Fsp3) is 0.0769. The largest absolute Gasteiger partial charge is 0.467 e. The summed E-state index contributed by atoms with van der Waals surface area (Å²) < 4.78 is 5.62. The number of fused-ring (bicyclic) bond motifs is 1. The highest BCUT2D eigenvalue weighted by atomic mass is 35.5. The van der Waals surface area contributed by atoms with Gasteiger partial charge in [-0.2, -0.15) is 0 Å². The maximum Gasteiger partial charge on any atom is 0.231 e. The van der Waals surface area contributed by atoms with E-state index >= 15 is 0 Å². The minimum Gasteiger partial charge on any atom is -0.467 e. The summed E-state index contributed by atoms with van der Waals surface area (Å²) in [4.78, 5) is 11.9. The van der Waals surface area contributed by atoms with Crippen LogP contribution in [0.25, 0.3) is 22.2 Å². The van der Waals surface area contributed by atoms with Gasteiger partial charge in [0.1, 0.15) is 5.76 Å². The van der Waals surface area contributed by atoms with E-state index in [1.807, 2.05) is 65.6 Å². The molecule has 2 aromatic heterocycles. The molecule has 5 aromatic rings. The van der Waals surface area contributed by atoms with Gasteiger partial charge in [-0.25, -0.2) is 9.97 Å². The lowest BCUT2D eigenvalue weighted by Crippen LogP contribution is -2.19. The SMILES string of the molecule is Cc1ccc2nc(N(Cc3ccco3)c3ccccc3Cl)nc(-c3ccccc3)c2c1. The summed E-state index contributed by atoms with van der Waals surface area (Å²) in [6.07, 6.45) is 1.67. The van der Waals surface area contributed by atoms with Gasteiger partial charge in [-0.3, -0.25) is 0 Å². The highest BCUT2D eigenvalue weighted by Gasteiger charge is 2.20. The molecule has 31 heavy (non-hydrogen) atoms. The van der Waals surface area contributed by atoms with Crippen molar-refractivity contribution in [2.24, 2.45) is 0 Å². The van der Waals surface area contributed by atoms with Gasteiger partial charge in [0.15, 0.2) is 0 Å². The van der Waals surface area contributed by atoms with Gasteiger partial charge in [0.25, 0.3) is 0 Å². The second-order valence-electron chi connectivity index (χ2n) is 7.38. The fourth-order valence-electron chi connectivity index (χ4n) is 3.66. The van der Waals surface area contributed by atoms with E-state index in [2.05, 4.69) is 31.2 Å². The molecule has 0 aliphatic rings. The van der Waals surface area contributed by atoms with Gasteiger partial charge in [-0.1, -0.05) is 65.7 Å². The summed E-state index contributed by atoms with van der Waals surface area (Å²) >= 11 is 6.58. The normalized spacial score (nSPS) is 11.0. The lowest BCUT2D eigenvalue weighted by atomic mass is 10.0. The summed E-state index contributed by atoms with van der Waals surface area (Å²) in [5.41, 5.74) is 4.80. The van der Waals surface area contributed by atoms with Crippen LogP contribution in [0.2, 0.25) is 5.02 Å². The Bertz CT molecular complexity index is 1330. The van der Waals surface area contributed by atoms with Crippen LogP contribution in [0.4, 0.5) is 11.6 Å². The molecule has 0 unspecified atom stereocenters. The number of hydrogen-bond donors (Lipinski definition) is 0. The molecule has 4 nitrogen and oxygen atoms in total. The molecule has 3 aromatic carbocycles. The van der Waals surface area contributed by atoms with Crippen LogP contribution in [0, 0.1) is 6.92 Å². The zero-order valence-electron chi connectivity index (χ0n) is 17.0. The second kappa shape index (κ2) is 8.25. The third kappa shape index (κ3) is 3.90. The van der Waals surface area contributed by atoms with E-state index in [0.717, 1.165) is 33.6 Å². The van der Waals surface area contributed by atoms with Gasteiger partial charge in [0.2, 0.25) is 5.95 Å². The van der Waals surface area contributed by atoms with Crippen molar-refractivity contribution in [3.8, 4) is 11.3 Å². The van der Waals surface area contributed by atoms with E-state index in [-0.39, 0.29) is 0 Å². The first-order valence-corrected chi connectivity index (χ1v) is 10.4. The Morgan fingerprint density at radius 1 is 0.871 bits per heavy atom. The number of para-hydroxylation sites is 1. The maximum atomic E-state index is 6.58. The first-order valence-electron chi connectivity index (χ1n) is 10.1. The number of furan rings is 1. The van der Waals surface area contributed by atoms with Crippen LogP contribution in [0.3, 0.4) is 0 Å². The van der Waals surface area contributed by atoms with Crippen molar-refractivity contribution in [2.75, 3.05) is 4.90 Å². The average Bonchev–Trinajstić information content (AvgIpc) is 3.31. The molecule has 0 bridgehead atoms. The molecular formula is C26H20ClN3O. The van der Waals surface area contributed by atoms with Crippen molar-refractivity contribution >= 4 is 34.1 Å². The number of anilines is 2. The van der Waals surface area contributed by atoms with Crippen LogP contribution >= 0.6 is 11.6 Å². The van der Waals surface area contributed by atoms with Gasteiger partial charge in [-0.15, -0.1) is 0 Å². The molecule has 0 aliphatic carbocycles. The van der Waals surface area contributed by atoms with Crippen LogP contribution in [0.1, 0.15) is 11.3 Å². The highest BCUT2D eigenvalue weighted by Crippen LogP contribution is 2.35. The van der Waals surface area contributed by atoms with Crippen molar-refractivity contribution in [2.45, 2.75) is 13.5 Å². The van der Waals surface area contributed by atoms with Crippen molar-refractivity contribution in [3.05, 3.63) is 108 Å². The van der Waals surface area contributed by atoms with Gasteiger partial charge in [-0.05, 0) is 43.3 Å². The van der Waals surface area contributed by atoms with Gasteiger partial charge >= 0.3 is 0 Å². The predicted molar refractivity (Wildman–Crippen MR) is 126 cm³/mol. The first-order chi connectivity index (χ1) is 15.2. The third-order valence-electron chi connectivity index (χ3n) is 5.17. The van der Waals surface area contributed by atoms with Crippen molar-refractivity contribution in [1.82, 2.24) is 9.97 Å². The van der Waals surface area contributed by atoms with Crippen LogP contribution in [0.15, 0.2) is 95.6 Å². The fourth-order valence-corrected chi connectivity index (χ4v) is 3.90. The molecule has 0 aliphatic heterocycles. The number of rotatable bonds is 5. The Balaban J connectivity index is 1.74. The van der Waals surface area contributed by atoms with Crippen molar-refractivity contribution in [3.63, 3.8) is 0 Å². The third-order valence-corrected chi connectivity index (χ3v) is 5.48. The zero-order valence-corrected chi connectivity index (χ0v) is 17.8. The van der Waals surface area contributed by atoms with Gasteiger partial charge in [0, 0.05) is 10.9 Å². The molecule has 5 rings (SSSR count). The summed E-state index contributed by atoms with van der Waals surface area (Å²) in [6, 6.07) is 28.0. The Labute approximate surface area is 185 Å². The van der Waals surface area contributed by atoms with Crippen molar-refractivity contribution in [1.29, 1.82) is 0 Å². The molecule has 2 heterocycles. The molecule has 0 saturated carbocycles. The average molecular weight is 426 g/mol. The minimum atomic E-state index is 0.461. The Hall–Kier alpha value is -3.63. The quantitative estimate of drug-likeness (QED) is 0.299. The summed E-state index contributed by atoms with van der Waals surface area (Å²) in [5, 5.41) is 1.65. The summed E-state index contributed by atoms with van der Waals surface area (Å²) in [7, 11) is 0. The molecule has 0 saturated heterocycles. The Kier molecular flexibility index (Phi) is 5.14. The molecule has 0 fully saturated rings. The van der Waals surface area contributed by atoms with Crippen LogP contribution in [-0.2, 0) is 6.54 Å². The van der Waals surface area contributed by atoms with Crippen molar-refractivity contribution < 1.29 is 4.42 Å². The van der Waals surface area contributed by atoms with E-state index in [1.54, 1.807) is 6.26 Å². The van der Waals surface area contributed by atoms with E-state index in [9.17, 15) is 0 Å². The standard InChI is InChI=1S/C26H20ClN3O/c1-18-13-14-23-21(16-18)25(19-8-3-2-4-9-19)29-26(28-23)30(17-20-10-7-15-31-20)24-12-6-5-11-22(24)27/h2-16H,17H2,1H3. The summed E-state index contributed by atoms with van der Waals surface area (Å²) in [6.45, 7) is 2.54. The molecule has 0 amide bonds. The molecule has 152 valence electrons. The first kappa shape index (κ1) is 19.3. The minimum absolute atomic E-state index is 0.461. The van der Waals surface area contributed by atoms with E-state index < -0.39 is 0 Å². The van der Waals surface area contributed by atoms with E-state index in [0.29, 0.717) is 17.5 Å². The maximum absolute atomic E-state index is 6.58. The number of benzene rings is 3.